The average Bonchev–Trinajstić information content (AvgIpc) is 2.51. The highest BCUT2D eigenvalue weighted by atomic mass is 16.5. The summed E-state index contributed by atoms with van der Waals surface area (Å²) < 4.78 is 5.66. The Kier molecular flexibility index (Phi) is 4.02. The van der Waals surface area contributed by atoms with E-state index in [4.69, 9.17) is 9.84 Å². The second-order valence-corrected chi connectivity index (χ2v) is 3.78. The Morgan fingerprint density at radius 3 is 2.92 bits per heavy atom. The molecule has 1 heterocycles. The number of hydrogen-bond acceptors (Lipinski definition) is 2. The van der Waals surface area contributed by atoms with Crippen molar-refractivity contribution in [1.82, 2.24) is 0 Å². The molecule has 2 nitrogen and oxygen atoms in total. The number of aliphatic hydroxyl groups is 1. The van der Waals surface area contributed by atoms with Crippen LogP contribution in [0.1, 0.15) is 33.1 Å². The van der Waals surface area contributed by atoms with Crippen LogP contribution < -0.4 is 0 Å². The maximum atomic E-state index is 8.80. The molecule has 1 rings (SSSR count). The van der Waals surface area contributed by atoms with Crippen LogP contribution in [0.3, 0.4) is 0 Å². The average molecular weight is 172 g/mol. The summed E-state index contributed by atoms with van der Waals surface area (Å²) in [6, 6.07) is 0. The van der Waals surface area contributed by atoms with E-state index in [2.05, 4.69) is 13.8 Å². The first-order chi connectivity index (χ1) is 5.79. The summed E-state index contributed by atoms with van der Waals surface area (Å²) in [5.41, 5.74) is 0. The van der Waals surface area contributed by atoms with E-state index in [1.165, 1.54) is 12.8 Å². The van der Waals surface area contributed by atoms with Crippen LogP contribution in [0.2, 0.25) is 0 Å². The van der Waals surface area contributed by atoms with E-state index < -0.39 is 0 Å². The molecule has 2 heteroatoms. The van der Waals surface area contributed by atoms with E-state index in [1.807, 2.05) is 0 Å². The number of aliphatic hydroxyl groups excluding tert-OH is 1. The van der Waals surface area contributed by atoms with Crippen LogP contribution in [-0.4, -0.2) is 24.4 Å². The van der Waals surface area contributed by atoms with E-state index in [1.54, 1.807) is 0 Å². The summed E-state index contributed by atoms with van der Waals surface area (Å²) in [5.74, 6) is 1.24. The molecule has 1 saturated heterocycles. The van der Waals surface area contributed by atoms with Crippen molar-refractivity contribution >= 4 is 0 Å². The molecular weight excluding hydrogens is 152 g/mol. The molecule has 1 aliphatic rings. The zero-order valence-corrected chi connectivity index (χ0v) is 8.12. The van der Waals surface area contributed by atoms with Gasteiger partial charge in [-0.3, -0.25) is 0 Å². The van der Waals surface area contributed by atoms with Crippen molar-refractivity contribution in [3.63, 3.8) is 0 Å². The summed E-state index contributed by atoms with van der Waals surface area (Å²) in [6.45, 7) is 5.60. The lowest BCUT2D eigenvalue weighted by molar-refractivity contribution is 0.0375. The SMILES string of the molecule is CCC1CCOC1C(C)CCO. The molecule has 1 N–H and O–H groups in total. The molecule has 72 valence electrons. The van der Waals surface area contributed by atoms with Gasteiger partial charge in [0.15, 0.2) is 0 Å². The fourth-order valence-electron chi connectivity index (χ4n) is 2.09. The third-order valence-corrected chi connectivity index (χ3v) is 2.93. The third-order valence-electron chi connectivity index (χ3n) is 2.93. The molecule has 0 bridgehead atoms. The van der Waals surface area contributed by atoms with Gasteiger partial charge in [-0.05, 0) is 24.7 Å². The maximum absolute atomic E-state index is 8.80. The van der Waals surface area contributed by atoms with Gasteiger partial charge in [0.2, 0.25) is 0 Å². The molecule has 0 aromatic carbocycles. The minimum atomic E-state index is 0.289. The van der Waals surface area contributed by atoms with E-state index >= 15 is 0 Å². The Morgan fingerprint density at radius 1 is 1.58 bits per heavy atom. The first-order valence-corrected chi connectivity index (χ1v) is 5.02. The molecule has 0 saturated carbocycles. The zero-order valence-electron chi connectivity index (χ0n) is 8.12. The first-order valence-electron chi connectivity index (χ1n) is 5.02. The van der Waals surface area contributed by atoms with Gasteiger partial charge >= 0.3 is 0 Å². The van der Waals surface area contributed by atoms with Gasteiger partial charge in [0.25, 0.3) is 0 Å². The minimum absolute atomic E-state index is 0.289. The highest BCUT2D eigenvalue weighted by Crippen LogP contribution is 2.30. The van der Waals surface area contributed by atoms with Crippen LogP contribution in [0.25, 0.3) is 0 Å². The molecule has 3 unspecified atom stereocenters. The molecule has 0 aromatic rings. The van der Waals surface area contributed by atoms with Crippen LogP contribution in [0.15, 0.2) is 0 Å². The predicted octanol–water partition coefficient (Wildman–Crippen LogP) is 1.82. The third kappa shape index (κ3) is 2.20. The monoisotopic (exact) mass is 172 g/mol. The number of ether oxygens (including phenoxy) is 1. The summed E-state index contributed by atoms with van der Waals surface area (Å²) >= 11 is 0. The normalized spacial score (nSPS) is 32.2. The van der Waals surface area contributed by atoms with Crippen molar-refractivity contribution in [3.8, 4) is 0 Å². The van der Waals surface area contributed by atoms with Gasteiger partial charge in [-0.2, -0.15) is 0 Å². The Morgan fingerprint density at radius 2 is 2.33 bits per heavy atom. The van der Waals surface area contributed by atoms with Gasteiger partial charge in [0, 0.05) is 13.2 Å². The minimum Gasteiger partial charge on any atom is -0.396 e. The molecule has 0 radical (unpaired) electrons. The summed E-state index contributed by atoms with van der Waals surface area (Å²) in [6.07, 6.45) is 3.69. The van der Waals surface area contributed by atoms with Crippen molar-refractivity contribution in [2.24, 2.45) is 11.8 Å². The molecule has 0 aliphatic carbocycles. The van der Waals surface area contributed by atoms with Gasteiger partial charge in [-0.1, -0.05) is 20.3 Å². The highest BCUT2D eigenvalue weighted by molar-refractivity contribution is 4.79. The van der Waals surface area contributed by atoms with Crippen molar-refractivity contribution in [2.45, 2.75) is 39.2 Å². The topological polar surface area (TPSA) is 29.5 Å². The van der Waals surface area contributed by atoms with Crippen molar-refractivity contribution in [3.05, 3.63) is 0 Å². The molecule has 1 fully saturated rings. The highest BCUT2D eigenvalue weighted by Gasteiger charge is 2.30. The summed E-state index contributed by atoms with van der Waals surface area (Å²) in [5, 5.41) is 8.80. The molecular formula is C10H20O2. The van der Waals surface area contributed by atoms with Gasteiger partial charge in [-0.25, -0.2) is 0 Å². The smallest absolute Gasteiger partial charge is 0.0630 e. The second-order valence-electron chi connectivity index (χ2n) is 3.78. The van der Waals surface area contributed by atoms with E-state index in [9.17, 15) is 0 Å². The van der Waals surface area contributed by atoms with Crippen LogP contribution in [-0.2, 0) is 4.74 Å². The van der Waals surface area contributed by atoms with Crippen molar-refractivity contribution < 1.29 is 9.84 Å². The second kappa shape index (κ2) is 4.83. The van der Waals surface area contributed by atoms with Gasteiger partial charge < -0.3 is 9.84 Å². The molecule has 0 amide bonds. The van der Waals surface area contributed by atoms with Crippen molar-refractivity contribution in [2.75, 3.05) is 13.2 Å². The largest absolute Gasteiger partial charge is 0.396 e. The maximum Gasteiger partial charge on any atom is 0.0630 e. The lowest BCUT2D eigenvalue weighted by atomic mass is 9.88. The van der Waals surface area contributed by atoms with Crippen LogP contribution >= 0.6 is 0 Å². The molecule has 3 atom stereocenters. The quantitative estimate of drug-likeness (QED) is 0.701. The standard InChI is InChI=1S/C10H20O2/c1-3-9-5-7-12-10(9)8(2)4-6-11/h8-11H,3-7H2,1-2H3. The Balaban J connectivity index is 2.38. The number of rotatable bonds is 4. The predicted molar refractivity (Wildman–Crippen MR) is 49.0 cm³/mol. The Labute approximate surface area is 74.9 Å². The molecule has 0 aromatic heterocycles. The lowest BCUT2D eigenvalue weighted by Crippen LogP contribution is -2.24. The van der Waals surface area contributed by atoms with Crippen LogP contribution in [0.5, 0.6) is 0 Å². The van der Waals surface area contributed by atoms with Crippen LogP contribution in [0.4, 0.5) is 0 Å². The van der Waals surface area contributed by atoms with Crippen LogP contribution in [0, 0.1) is 11.8 Å². The van der Waals surface area contributed by atoms with Gasteiger partial charge in [0.1, 0.15) is 0 Å². The van der Waals surface area contributed by atoms with E-state index in [-0.39, 0.29) is 6.61 Å². The van der Waals surface area contributed by atoms with E-state index in [0.29, 0.717) is 12.0 Å². The van der Waals surface area contributed by atoms with Gasteiger partial charge in [-0.15, -0.1) is 0 Å². The summed E-state index contributed by atoms with van der Waals surface area (Å²) in [4.78, 5) is 0. The lowest BCUT2D eigenvalue weighted by Gasteiger charge is -2.23. The van der Waals surface area contributed by atoms with Gasteiger partial charge in [0.05, 0.1) is 6.10 Å². The Bertz CT molecular complexity index is 125. The first kappa shape index (κ1) is 10.0. The fourth-order valence-corrected chi connectivity index (χ4v) is 2.09. The molecule has 0 spiro atoms. The van der Waals surface area contributed by atoms with Crippen molar-refractivity contribution in [1.29, 1.82) is 0 Å². The molecule has 1 aliphatic heterocycles. The molecule has 12 heavy (non-hydrogen) atoms. The zero-order chi connectivity index (χ0) is 8.97. The van der Waals surface area contributed by atoms with E-state index in [0.717, 1.165) is 18.9 Å². The number of hydrogen-bond donors (Lipinski definition) is 1. The summed E-state index contributed by atoms with van der Waals surface area (Å²) in [7, 11) is 0. The fraction of sp³-hybridized carbons (Fsp3) is 1.00. The Hall–Kier alpha value is -0.0800.